The molecule has 8 nitrogen and oxygen atoms in total. The van der Waals surface area contributed by atoms with Crippen LogP contribution in [0.15, 0.2) is 220 Å². The first-order valence-electron chi connectivity index (χ1n) is 37.8. The number of nitriles is 2. The van der Waals surface area contributed by atoms with Crippen molar-refractivity contribution in [2.45, 2.75) is 177 Å². The number of thiophene rings is 2. The van der Waals surface area contributed by atoms with Gasteiger partial charge in [-0.3, -0.25) is 0 Å². The van der Waals surface area contributed by atoms with Crippen LogP contribution in [0.25, 0.3) is 86.0 Å². The number of unbranched alkanes of at least 4 members (excludes halogenated alkanes) is 3. The predicted molar refractivity (Wildman–Crippen MR) is 451 cm³/mol. The molecule has 16 heteroatoms. The van der Waals surface area contributed by atoms with Crippen molar-refractivity contribution in [3.05, 3.63) is 282 Å². The lowest BCUT2D eigenvalue weighted by molar-refractivity contribution is 0.604. The van der Waals surface area contributed by atoms with Crippen LogP contribution in [0.1, 0.15) is 182 Å². The molecule has 16 aromatic rings. The molecule has 0 aliphatic carbocycles. The second-order valence-corrected chi connectivity index (χ2v) is 29.8. The summed E-state index contributed by atoms with van der Waals surface area (Å²) < 4.78 is 73.6. The van der Waals surface area contributed by atoms with Gasteiger partial charge >= 0.3 is 0 Å². The van der Waals surface area contributed by atoms with Gasteiger partial charge in [-0.25, -0.2) is 13.2 Å². The molecule has 16 rings (SSSR count). The van der Waals surface area contributed by atoms with Gasteiger partial charge in [-0.1, -0.05) is 142 Å². The topological polar surface area (TPSA) is 126 Å². The molecule has 8 aromatic carbocycles. The average Bonchev–Trinajstić information content (AvgIpc) is 1.83. The van der Waals surface area contributed by atoms with Crippen molar-refractivity contribution in [1.82, 2.24) is 0 Å². The summed E-state index contributed by atoms with van der Waals surface area (Å²) >= 11 is 21.3. The smallest absolute Gasteiger partial charge is 0.134 e. The first kappa shape index (κ1) is 83.6. The van der Waals surface area contributed by atoms with Gasteiger partial charge in [0, 0.05) is 56.8 Å². The molecule has 0 saturated heterocycles. The van der Waals surface area contributed by atoms with Crippen LogP contribution in [-0.4, -0.2) is 0 Å². The van der Waals surface area contributed by atoms with Gasteiger partial charge in [0.15, 0.2) is 0 Å². The van der Waals surface area contributed by atoms with Crippen LogP contribution in [0, 0.1) is 40.1 Å². The maximum atomic E-state index is 13.0. The number of fused-ring (bicyclic) bond motifs is 8. The minimum Gasteiger partial charge on any atom is -0.464 e. The maximum Gasteiger partial charge on any atom is 0.134 e. The Morgan fingerprint density at radius 1 is 0.284 bits per heavy atom. The van der Waals surface area contributed by atoms with E-state index in [0.29, 0.717) is 11.1 Å². The summed E-state index contributed by atoms with van der Waals surface area (Å²) in [5.74, 6) is -0.536. The van der Waals surface area contributed by atoms with E-state index in [4.69, 9.17) is 71.8 Å². The van der Waals surface area contributed by atoms with E-state index in [2.05, 4.69) is 90.4 Å². The van der Waals surface area contributed by atoms with Crippen molar-refractivity contribution in [3.8, 4) is 12.1 Å². The fraction of sp³-hybridized carbons (Fsp3) is 0.290. The van der Waals surface area contributed by atoms with Gasteiger partial charge in [0.2, 0.25) is 0 Å². The fourth-order valence-electron chi connectivity index (χ4n) is 12.6. The van der Waals surface area contributed by atoms with Gasteiger partial charge in [-0.15, -0.1) is 22.7 Å². The predicted octanol–water partition coefficient (Wildman–Crippen LogP) is 31.3. The van der Waals surface area contributed by atoms with Gasteiger partial charge in [0.1, 0.15) is 50.9 Å². The van der Waals surface area contributed by atoms with E-state index in [0.717, 1.165) is 194 Å². The molecule has 0 aliphatic rings. The van der Waals surface area contributed by atoms with Crippen LogP contribution in [-0.2, 0) is 51.4 Å². The van der Waals surface area contributed by atoms with Crippen molar-refractivity contribution >= 4 is 143 Å². The molecule has 0 fully saturated rings. The van der Waals surface area contributed by atoms with E-state index in [1.54, 1.807) is 77.9 Å². The summed E-state index contributed by atoms with van der Waals surface area (Å²) in [5.41, 5.74) is 16.4. The van der Waals surface area contributed by atoms with Gasteiger partial charge in [-0.2, -0.15) is 10.5 Å². The highest BCUT2D eigenvalue weighted by atomic mass is 35.5. The summed E-state index contributed by atoms with van der Waals surface area (Å²) in [6.45, 7) is 17.2. The van der Waals surface area contributed by atoms with Crippen LogP contribution in [0.4, 0.5) is 13.2 Å². The lowest BCUT2D eigenvalue weighted by atomic mass is 10.1. The highest BCUT2D eigenvalue weighted by Gasteiger charge is 2.13. The third kappa shape index (κ3) is 23.5. The molecular weight excluding hydrogens is 1470 g/mol. The van der Waals surface area contributed by atoms with Crippen LogP contribution in [0.2, 0.25) is 15.1 Å². The summed E-state index contributed by atoms with van der Waals surface area (Å²) in [6, 6.07) is 47.3. The summed E-state index contributed by atoms with van der Waals surface area (Å²) in [6.07, 6.45) is 31.5. The molecule has 109 heavy (non-hydrogen) atoms. The van der Waals surface area contributed by atoms with Gasteiger partial charge in [-0.05, 0) is 282 Å². The zero-order valence-corrected chi connectivity index (χ0v) is 67.2. The molecule has 0 amide bonds. The molecular formula is C93H94Cl3F3N2O6S2. The standard InChI is InChI=1S/C13H13NO.C12H13ClO.C12H13FO.C12H11NO.C11H11ClO.C11H11ClS.C11H11FO.C11H11FS/c1-2-3-4-11-9-15-13-6-5-10(8-14)7-12(11)13;2*1-2-3-4-9-8-14-12-6-5-10(13)7-11(9)12;1-2-3-10-8-14-12-5-4-9(7-13)6-11(10)12;4*1-2-3-8-7-13-11-5-4-9(12)6-10(8)11/h5-7,9H,2-4H2,1H3;2*5-8H,2-4H2,1H3;4-6,8H,2-3H2,1H3;4*4-7H,2-3H2,1H3. The SMILES string of the molecule is CCCCc1coc2ccc(C#N)cc12.CCCCc1coc2ccc(Cl)cc12.CCCCc1coc2ccc(F)cc12.CCCc1coc2ccc(C#N)cc12.CCCc1coc2ccc(Cl)cc12.CCCc1coc2ccc(F)cc12.CCCc1csc2ccc(Cl)cc12.CCCc1csc2ccc(F)cc12. The van der Waals surface area contributed by atoms with Gasteiger partial charge in [0.05, 0.1) is 60.8 Å². The number of hydrogen-bond donors (Lipinski definition) is 0. The molecule has 0 atom stereocenters. The average molecular weight is 1560 g/mol. The zero-order chi connectivity index (χ0) is 77.6. The number of nitrogens with zero attached hydrogens (tertiary/aromatic N) is 2. The van der Waals surface area contributed by atoms with E-state index in [9.17, 15) is 13.2 Å². The van der Waals surface area contributed by atoms with Gasteiger partial charge < -0.3 is 26.5 Å². The first-order chi connectivity index (χ1) is 53.0. The number of rotatable bonds is 19. The molecule has 8 aromatic heterocycles. The zero-order valence-electron chi connectivity index (χ0n) is 63.3. The number of hydrogen-bond acceptors (Lipinski definition) is 10. The molecule has 0 saturated carbocycles. The van der Waals surface area contributed by atoms with E-state index < -0.39 is 0 Å². The van der Waals surface area contributed by atoms with Gasteiger partial charge in [0.25, 0.3) is 0 Å². The molecule has 0 spiro atoms. The van der Waals surface area contributed by atoms with Crippen LogP contribution in [0.3, 0.4) is 0 Å². The number of benzene rings is 8. The Morgan fingerprint density at radius 3 is 0.862 bits per heavy atom. The third-order valence-electron chi connectivity index (χ3n) is 18.3. The number of halogens is 6. The molecule has 0 aliphatic heterocycles. The summed E-state index contributed by atoms with van der Waals surface area (Å²) in [7, 11) is 0. The third-order valence-corrected chi connectivity index (χ3v) is 21.0. The van der Waals surface area contributed by atoms with E-state index in [1.165, 1.54) is 98.1 Å². The van der Waals surface area contributed by atoms with Crippen molar-refractivity contribution in [2.75, 3.05) is 0 Å². The van der Waals surface area contributed by atoms with Crippen LogP contribution < -0.4 is 0 Å². The Balaban J connectivity index is 0.000000144. The second-order valence-electron chi connectivity index (χ2n) is 26.6. The lowest BCUT2D eigenvalue weighted by Gasteiger charge is -1.96. The van der Waals surface area contributed by atoms with Crippen LogP contribution in [0.5, 0.6) is 0 Å². The number of aryl methyl sites for hydroxylation is 8. The van der Waals surface area contributed by atoms with Crippen molar-refractivity contribution in [3.63, 3.8) is 0 Å². The van der Waals surface area contributed by atoms with E-state index >= 15 is 0 Å². The molecule has 566 valence electrons. The molecule has 0 bridgehead atoms. The molecule has 0 radical (unpaired) electrons. The highest BCUT2D eigenvalue weighted by molar-refractivity contribution is 7.17. The Morgan fingerprint density at radius 2 is 0.532 bits per heavy atom. The van der Waals surface area contributed by atoms with Crippen molar-refractivity contribution in [1.29, 1.82) is 10.5 Å². The van der Waals surface area contributed by atoms with Crippen molar-refractivity contribution < 1.29 is 39.7 Å². The van der Waals surface area contributed by atoms with Crippen molar-refractivity contribution in [2.24, 2.45) is 0 Å². The Labute approximate surface area is 660 Å². The number of furan rings is 6. The first-order valence-corrected chi connectivity index (χ1v) is 40.7. The largest absolute Gasteiger partial charge is 0.464 e. The minimum atomic E-state index is -0.203. The molecule has 0 unspecified atom stereocenters. The normalized spacial score (nSPS) is 10.8. The highest BCUT2D eigenvalue weighted by Crippen LogP contribution is 2.33. The minimum absolute atomic E-state index is 0.136. The molecule has 8 heterocycles. The van der Waals surface area contributed by atoms with E-state index in [-0.39, 0.29) is 17.5 Å². The summed E-state index contributed by atoms with van der Waals surface area (Å²) in [4.78, 5) is 0. The Bertz CT molecular complexity index is 5190. The Kier molecular flexibility index (Phi) is 33.0. The van der Waals surface area contributed by atoms with Crippen LogP contribution >= 0.6 is 57.5 Å². The summed E-state index contributed by atoms with van der Waals surface area (Å²) in [5, 5.41) is 33.1. The molecule has 0 N–H and O–H groups in total. The Hall–Kier alpha value is -9.44. The second kappa shape index (κ2) is 43.1. The quantitative estimate of drug-likeness (QED) is 0.0783. The lowest BCUT2D eigenvalue weighted by Crippen LogP contribution is -1.82. The van der Waals surface area contributed by atoms with E-state index in [1.807, 2.05) is 91.6 Å². The monoisotopic (exact) mass is 1560 g/mol. The fourth-order valence-corrected chi connectivity index (χ4v) is 15.1. The maximum absolute atomic E-state index is 13.0.